The van der Waals surface area contributed by atoms with Gasteiger partial charge in [0.25, 0.3) is 5.91 Å². The molecule has 10 nitrogen and oxygen atoms in total. The van der Waals surface area contributed by atoms with Gasteiger partial charge in [-0.25, -0.2) is 0 Å². The van der Waals surface area contributed by atoms with Crippen molar-refractivity contribution >= 4 is 11.7 Å². The largest absolute Gasteiger partial charge is 0.512 e. The molecule has 0 spiro atoms. The van der Waals surface area contributed by atoms with Crippen LogP contribution in [0.25, 0.3) is 11.1 Å². The third kappa shape index (κ3) is 4.32. The molecule has 3 atom stereocenters. The van der Waals surface area contributed by atoms with E-state index in [0.29, 0.717) is 18.4 Å². The minimum Gasteiger partial charge on any atom is -0.512 e. The Labute approximate surface area is 243 Å². The number of nitrogens with two attached hydrogens (primary N) is 1. The number of aromatic hydroxyl groups is 1. The van der Waals surface area contributed by atoms with Crippen LogP contribution in [-0.4, -0.2) is 74.2 Å². The zero-order valence-electron chi connectivity index (χ0n) is 23.5. The number of primary amides is 1. The second-order valence-electron chi connectivity index (χ2n) is 12.0. The molecular formula is C32H36N2O8. The quantitative estimate of drug-likeness (QED) is 0.293. The highest BCUT2D eigenvalue weighted by molar-refractivity contribution is 6.15. The highest BCUT2D eigenvalue weighted by Gasteiger charge is 2.60. The van der Waals surface area contributed by atoms with Crippen molar-refractivity contribution in [1.29, 1.82) is 0 Å². The van der Waals surface area contributed by atoms with Crippen LogP contribution in [0.2, 0.25) is 0 Å². The van der Waals surface area contributed by atoms with Crippen molar-refractivity contribution in [3.8, 4) is 16.9 Å². The molecule has 6 rings (SSSR count). The summed E-state index contributed by atoms with van der Waals surface area (Å²) in [5, 5.41) is 55.0. The van der Waals surface area contributed by atoms with Crippen molar-refractivity contribution in [2.75, 3.05) is 26.3 Å². The summed E-state index contributed by atoms with van der Waals surface area (Å²) < 4.78 is 5.44. The molecule has 10 heteroatoms. The number of hydrogen-bond acceptors (Lipinski definition) is 9. The number of allylic oxidation sites excluding steroid dienone is 2. The van der Waals surface area contributed by atoms with Crippen LogP contribution in [0, 0.1) is 17.3 Å². The maximum absolute atomic E-state index is 14.2. The maximum atomic E-state index is 14.2. The Morgan fingerprint density at radius 2 is 1.76 bits per heavy atom. The van der Waals surface area contributed by atoms with Gasteiger partial charge in [0.1, 0.15) is 22.8 Å². The Hall–Kier alpha value is -3.70. The Bertz CT molecular complexity index is 1520. The van der Waals surface area contributed by atoms with E-state index >= 15 is 0 Å². The molecule has 4 aliphatic rings. The Morgan fingerprint density at radius 3 is 2.40 bits per heavy atom. The fraction of sp³-hybridized carbons (Fsp3) is 0.438. The van der Waals surface area contributed by atoms with Crippen LogP contribution in [-0.2, 0) is 22.5 Å². The van der Waals surface area contributed by atoms with E-state index in [0.717, 1.165) is 49.5 Å². The van der Waals surface area contributed by atoms with Crippen LogP contribution in [0.15, 0.2) is 59.1 Å². The first kappa shape index (κ1) is 28.4. The highest BCUT2D eigenvalue weighted by Crippen LogP contribution is 2.59. The molecule has 1 aliphatic heterocycles. The molecule has 1 saturated heterocycles. The maximum Gasteiger partial charge on any atom is 0.253 e. The van der Waals surface area contributed by atoms with E-state index in [1.54, 1.807) is 6.07 Å². The number of nitrogens with zero attached hydrogens (tertiary/aromatic N) is 1. The van der Waals surface area contributed by atoms with Crippen molar-refractivity contribution in [2.24, 2.45) is 23.0 Å². The van der Waals surface area contributed by atoms with Crippen LogP contribution < -0.4 is 5.73 Å². The summed E-state index contributed by atoms with van der Waals surface area (Å²) in [6.07, 6.45) is 0.879. The van der Waals surface area contributed by atoms with Gasteiger partial charge in [-0.2, -0.15) is 0 Å². The molecule has 2 aromatic carbocycles. The van der Waals surface area contributed by atoms with E-state index in [2.05, 4.69) is 17.0 Å². The van der Waals surface area contributed by atoms with E-state index < -0.39 is 51.8 Å². The highest BCUT2D eigenvalue weighted by atomic mass is 16.5. The number of morpholine rings is 1. The van der Waals surface area contributed by atoms with Gasteiger partial charge >= 0.3 is 0 Å². The number of amides is 1. The molecule has 42 heavy (non-hydrogen) atoms. The molecule has 3 aliphatic carbocycles. The molecule has 0 bridgehead atoms. The zero-order valence-corrected chi connectivity index (χ0v) is 23.5. The third-order valence-corrected chi connectivity index (χ3v) is 9.71. The van der Waals surface area contributed by atoms with Gasteiger partial charge in [0.15, 0.2) is 5.78 Å². The van der Waals surface area contributed by atoms with Crippen molar-refractivity contribution in [3.63, 3.8) is 0 Å². The lowest BCUT2D eigenvalue weighted by molar-refractivity contribution is -0.196. The topological polar surface area (TPSA) is 174 Å². The van der Waals surface area contributed by atoms with Crippen LogP contribution in [0.3, 0.4) is 0 Å². The molecule has 222 valence electrons. The number of rotatable bonds is 5. The van der Waals surface area contributed by atoms with Crippen molar-refractivity contribution in [1.82, 2.24) is 4.90 Å². The van der Waals surface area contributed by atoms with Gasteiger partial charge in [-0.15, -0.1) is 0 Å². The average molecular weight is 577 g/mol. The lowest BCUT2D eigenvalue weighted by Gasteiger charge is -2.51. The van der Waals surface area contributed by atoms with Crippen LogP contribution in [0.5, 0.6) is 5.75 Å². The minimum absolute atomic E-state index is 0.00439. The number of ether oxygens (including phenoxy) is 1. The zero-order chi connectivity index (χ0) is 30.0. The van der Waals surface area contributed by atoms with Crippen molar-refractivity contribution < 1.29 is 39.9 Å². The first-order valence-electron chi connectivity index (χ1n) is 14.4. The SMILES string of the molecule is CC[C@@]12Cc3c(-c4ccc(CN5CCOCC5)cc4)ccc(O)c3C(=O)C1=C(O)C1[C@H](CC(O)=C(C(N)=O)C1(O)O)C2. The van der Waals surface area contributed by atoms with Gasteiger partial charge in [0, 0.05) is 37.0 Å². The first-order chi connectivity index (χ1) is 20.0. The molecular weight excluding hydrogens is 540 g/mol. The fourth-order valence-electron chi connectivity index (χ4n) is 7.70. The predicted octanol–water partition coefficient (Wildman–Crippen LogP) is 2.86. The number of phenols is 1. The number of aliphatic hydroxyl groups excluding tert-OH is 2. The summed E-state index contributed by atoms with van der Waals surface area (Å²) in [7, 11) is 0. The fourth-order valence-corrected chi connectivity index (χ4v) is 7.70. The number of benzene rings is 2. The minimum atomic E-state index is -2.97. The van der Waals surface area contributed by atoms with Crippen molar-refractivity contribution in [2.45, 2.75) is 44.9 Å². The number of fused-ring (bicyclic) bond motifs is 3. The summed E-state index contributed by atoms with van der Waals surface area (Å²) in [5.41, 5.74) is 7.22. The summed E-state index contributed by atoms with van der Waals surface area (Å²) in [4.78, 5) is 28.5. The second-order valence-corrected chi connectivity index (χ2v) is 12.0. The average Bonchev–Trinajstić information content (AvgIpc) is 2.93. The van der Waals surface area contributed by atoms with E-state index in [4.69, 9.17) is 10.5 Å². The smallest absolute Gasteiger partial charge is 0.253 e. The van der Waals surface area contributed by atoms with Gasteiger partial charge in [0.05, 0.1) is 24.7 Å². The van der Waals surface area contributed by atoms with Gasteiger partial charge in [-0.1, -0.05) is 37.3 Å². The molecule has 1 heterocycles. The number of hydrogen-bond donors (Lipinski definition) is 6. The Morgan fingerprint density at radius 1 is 1.07 bits per heavy atom. The summed E-state index contributed by atoms with van der Waals surface area (Å²) in [6, 6.07) is 11.4. The number of Topliss-reactive ketones (excluding diaryl/α,β-unsaturated/α-hetero) is 1. The Kier molecular flexibility index (Phi) is 6.93. The predicted molar refractivity (Wildman–Crippen MR) is 152 cm³/mol. The monoisotopic (exact) mass is 576 g/mol. The summed E-state index contributed by atoms with van der Waals surface area (Å²) in [5.74, 6) is -8.21. The molecule has 7 N–H and O–H groups in total. The number of carbonyl (C=O) groups excluding carboxylic acids is 2. The number of phenolic OH excluding ortho intramolecular Hbond substituents is 1. The van der Waals surface area contributed by atoms with Gasteiger partial charge in [-0.3, -0.25) is 14.5 Å². The lowest BCUT2D eigenvalue weighted by atomic mass is 9.53. The van der Waals surface area contributed by atoms with E-state index in [1.807, 2.05) is 19.1 Å². The van der Waals surface area contributed by atoms with Crippen molar-refractivity contribution in [3.05, 3.63) is 75.8 Å². The van der Waals surface area contributed by atoms with Crippen LogP contribution >= 0.6 is 0 Å². The number of aliphatic hydroxyl groups is 4. The van der Waals surface area contributed by atoms with Crippen LogP contribution in [0.4, 0.5) is 0 Å². The molecule has 0 aromatic heterocycles. The number of carbonyl (C=O) groups is 2. The molecule has 1 amide bonds. The third-order valence-electron chi connectivity index (χ3n) is 9.71. The molecule has 1 fully saturated rings. The standard InChI is InChI=1S/C32H36N2O8/c1-2-31-14-19-13-23(36)26(30(33)39)32(40,41)25(19)29(38)27(31)28(37)24-21(15-31)20(7-8-22(24)35)18-5-3-17(4-6-18)16-34-9-11-42-12-10-34/h3-8,19,25,35-36,38,40-41H,2,9-16H2,1H3,(H2,33,39)/t19-,25?,31-/m1/s1. The normalized spacial score (nSPS) is 27.4. The summed E-state index contributed by atoms with van der Waals surface area (Å²) >= 11 is 0. The van der Waals surface area contributed by atoms with E-state index in [9.17, 15) is 35.1 Å². The van der Waals surface area contributed by atoms with E-state index in [1.165, 1.54) is 6.07 Å². The van der Waals surface area contributed by atoms with Gasteiger partial charge in [-0.05, 0) is 53.5 Å². The van der Waals surface area contributed by atoms with E-state index in [-0.39, 0.29) is 29.7 Å². The molecule has 1 unspecified atom stereocenters. The molecule has 0 radical (unpaired) electrons. The molecule has 0 saturated carbocycles. The van der Waals surface area contributed by atoms with Gasteiger partial charge < -0.3 is 36.0 Å². The Balaban J connectivity index is 1.42. The summed E-state index contributed by atoms with van der Waals surface area (Å²) in [6.45, 7) is 5.90. The number of ketones is 1. The molecule has 2 aromatic rings. The van der Waals surface area contributed by atoms with Crippen LogP contribution in [0.1, 0.15) is 47.7 Å². The first-order valence-corrected chi connectivity index (χ1v) is 14.4. The lowest BCUT2D eigenvalue weighted by Crippen LogP contribution is -2.56. The second kappa shape index (κ2) is 10.2. The van der Waals surface area contributed by atoms with Gasteiger partial charge in [0.2, 0.25) is 5.79 Å².